The Morgan fingerprint density at radius 1 is 0.974 bits per heavy atom. The Morgan fingerprint density at radius 2 is 1.66 bits per heavy atom. The van der Waals surface area contributed by atoms with Crippen LogP contribution in [0.4, 0.5) is 5.69 Å². The number of hydrogen-bond donors (Lipinski definition) is 1. The van der Waals surface area contributed by atoms with Gasteiger partial charge in [0.15, 0.2) is 0 Å². The molecule has 202 valence electrons. The maximum absolute atomic E-state index is 13.9. The quantitative estimate of drug-likeness (QED) is 0.322. The Kier molecular flexibility index (Phi) is 9.98. The van der Waals surface area contributed by atoms with Crippen LogP contribution in [-0.2, 0) is 26.2 Å². The number of anilines is 1. The zero-order valence-corrected chi connectivity index (χ0v) is 24.8. The zero-order valence-electron chi connectivity index (χ0n) is 21.7. The van der Waals surface area contributed by atoms with Crippen LogP contribution in [0, 0.1) is 6.92 Å². The fraction of sp³-hybridized carbons (Fsp3) is 0.286. The number of carbonyl (C=O) groups excluding carboxylic acids is 2. The first-order valence-electron chi connectivity index (χ1n) is 12.1. The lowest BCUT2D eigenvalue weighted by molar-refractivity contribution is -0.139. The molecule has 0 fully saturated rings. The molecule has 0 radical (unpaired) electrons. The highest BCUT2D eigenvalue weighted by Gasteiger charge is 2.33. The van der Waals surface area contributed by atoms with Gasteiger partial charge in [-0.1, -0.05) is 63.9 Å². The summed E-state index contributed by atoms with van der Waals surface area (Å²) in [5, 5.41) is 3.18. The number of hydrogen-bond acceptors (Lipinski definition) is 4. The minimum Gasteiger partial charge on any atom is -0.352 e. The molecule has 38 heavy (non-hydrogen) atoms. The third kappa shape index (κ3) is 7.36. The average molecular weight is 621 g/mol. The Labute approximate surface area is 238 Å². The fourth-order valence-corrected chi connectivity index (χ4v) is 6.01. The number of rotatable bonds is 10. The first kappa shape index (κ1) is 29.7. The number of nitrogens with zero attached hydrogens (tertiary/aromatic N) is 2. The van der Waals surface area contributed by atoms with Crippen molar-refractivity contribution in [2.24, 2.45) is 0 Å². The summed E-state index contributed by atoms with van der Waals surface area (Å²) in [6, 6.07) is 19.2. The molecule has 0 aliphatic carbocycles. The topological polar surface area (TPSA) is 86.8 Å². The van der Waals surface area contributed by atoms with Crippen molar-refractivity contribution in [1.82, 2.24) is 10.2 Å². The van der Waals surface area contributed by atoms with Crippen LogP contribution in [0.15, 0.2) is 82.2 Å². The van der Waals surface area contributed by atoms with Crippen molar-refractivity contribution < 1.29 is 18.0 Å². The van der Waals surface area contributed by atoms with Crippen LogP contribution in [0.1, 0.15) is 31.9 Å². The number of nitrogens with one attached hydrogen (secondary N) is 1. The van der Waals surface area contributed by atoms with Gasteiger partial charge in [-0.25, -0.2) is 8.42 Å². The SMILES string of the molecule is Cc1ccc(Cl)cc1N(CC(=O)N(Cc1cccc(Br)c1)[C@@H](C)C(=O)NC(C)C)S(=O)(=O)c1ccccc1. The van der Waals surface area contributed by atoms with Gasteiger partial charge in [0, 0.05) is 22.1 Å². The molecule has 0 heterocycles. The highest BCUT2D eigenvalue weighted by atomic mass is 79.9. The van der Waals surface area contributed by atoms with Gasteiger partial charge < -0.3 is 10.2 Å². The van der Waals surface area contributed by atoms with E-state index in [-0.39, 0.29) is 29.1 Å². The average Bonchev–Trinajstić information content (AvgIpc) is 2.87. The van der Waals surface area contributed by atoms with Crippen molar-refractivity contribution in [2.75, 3.05) is 10.8 Å². The Balaban J connectivity index is 2.07. The highest BCUT2D eigenvalue weighted by molar-refractivity contribution is 9.10. The molecule has 3 aromatic carbocycles. The van der Waals surface area contributed by atoms with Crippen molar-refractivity contribution in [3.05, 3.63) is 93.4 Å². The van der Waals surface area contributed by atoms with Crippen molar-refractivity contribution in [3.63, 3.8) is 0 Å². The van der Waals surface area contributed by atoms with E-state index in [1.54, 1.807) is 44.2 Å². The molecule has 0 saturated carbocycles. The number of sulfonamides is 1. The molecule has 3 aromatic rings. The number of halogens is 2. The predicted molar refractivity (Wildman–Crippen MR) is 155 cm³/mol. The molecular weight excluding hydrogens is 590 g/mol. The van der Waals surface area contributed by atoms with Crippen LogP contribution >= 0.6 is 27.5 Å². The summed E-state index contributed by atoms with van der Waals surface area (Å²) in [7, 11) is -4.15. The van der Waals surface area contributed by atoms with Crippen molar-refractivity contribution in [2.45, 2.75) is 51.2 Å². The van der Waals surface area contributed by atoms with Crippen LogP contribution in [0.25, 0.3) is 0 Å². The van der Waals surface area contributed by atoms with Crippen molar-refractivity contribution in [3.8, 4) is 0 Å². The molecule has 1 atom stereocenters. The molecule has 0 bridgehead atoms. The Bertz CT molecular complexity index is 1400. The second kappa shape index (κ2) is 12.8. The predicted octanol–water partition coefficient (Wildman–Crippen LogP) is 5.55. The smallest absolute Gasteiger partial charge is 0.264 e. The molecule has 2 amide bonds. The molecule has 7 nitrogen and oxygen atoms in total. The summed E-state index contributed by atoms with van der Waals surface area (Å²) in [5.74, 6) is -0.866. The molecule has 0 aliphatic heterocycles. The van der Waals surface area contributed by atoms with Gasteiger partial charge in [0.2, 0.25) is 11.8 Å². The summed E-state index contributed by atoms with van der Waals surface area (Å²) in [5.41, 5.74) is 1.70. The van der Waals surface area contributed by atoms with Crippen LogP contribution in [0.2, 0.25) is 5.02 Å². The molecule has 0 unspecified atom stereocenters. The van der Waals surface area contributed by atoms with Gasteiger partial charge in [0.05, 0.1) is 10.6 Å². The van der Waals surface area contributed by atoms with Gasteiger partial charge in [-0.2, -0.15) is 0 Å². The monoisotopic (exact) mass is 619 g/mol. The molecule has 10 heteroatoms. The van der Waals surface area contributed by atoms with Crippen molar-refractivity contribution in [1.29, 1.82) is 0 Å². The van der Waals surface area contributed by atoms with Gasteiger partial charge in [-0.15, -0.1) is 0 Å². The van der Waals surface area contributed by atoms with Crippen molar-refractivity contribution >= 4 is 55.1 Å². The van der Waals surface area contributed by atoms with Crippen LogP contribution in [-0.4, -0.2) is 43.8 Å². The van der Waals surface area contributed by atoms with Gasteiger partial charge in [-0.05, 0) is 75.2 Å². The third-order valence-electron chi connectivity index (χ3n) is 5.89. The normalized spacial score (nSPS) is 12.2. The van der Waals surface area contributed by atoms with Gasteiger partial charge in [0.1, 0.15) is 12.6 Å². The summed E-state index contributed by atoms with van der Waals surface area (Å²) in [6.45, 7) is 6.64. The molecule has 0 saturated heterocycles. The second-order valence-electron chi connectivity index (χ2n) is 9.25. The molecule has 0 aliphatic rings. The van der Waals surface area contributed by atoms with Gasteiger partial charge in [0.25, 0.3) is 10.0 Å². The van der Waals surface area contributed by atoms with E-state index in [0.717, 1.165) is 14.3 Å². The molecule has 3 rings (SSSR count). The number of carbonyl (C=O) groups is 2. The summed E-state index contributed by atoms with van der Waals surface area (Å²) in [4.78, 5) is 28.3. The first-order valence-corrected chi connectivity index (χ1v) is 14.7. The standard InChI is InChI=1S/C28H31BrClN3O4S/c1-19(2)31-28(35)21(4)32(17-22-9-8-10-23(29)15-22)27(34)18-33(26-16-24(30)14-13-20(26)3)38(36,37)25-11-6-5-7-12-25/h5-16,19,21H,17-18H2,1-4H3,(H,31,35)/t21-/m0/s1. The maximum Gasteiger partial charge on any atom is 0.264 e. The Hall–Kier alpha value is -2.88. The largest absolute Gasteiger partial charge is 0.352 e. The Morgan fingerprint density at radius 3 is 2.29 bits per heavy atom. The lowest BCUT2D eigenvalue weighted by atomic mass is 10.1. The highest BCUT2D eigenvalue weighted by Crippen LogP contribution is 2.30. The first-order chi connectivity index (χ1) is 17.9. The fourth-order valence-electron chi connectivity index (χ4n) is 3.90. The second-order valence-corrected chi connectivity index (χ2v) is 12.5. The lowest BCUT2D eigenvalue weighted by Crippen LogP contribution is -2.52. The summed E-state index contributed by atoms with van der Waals surface area (Å²) >= 11 is 9.69. The van der Waals surface area contributed by atoms with E-state index in [0.29, 0.717) is 10.6 Å². The van der Waals surface area contributed by atoms with Gasteiger partial charge in [-0.3, -0.25) is 13.9 Å². The lowest BCUT2D eigenvalue weighted by Gasteiger charge is -2.32. The summed E-state index contributed by atoms with van der Waals surface area (Å²) in [6.07, 6.45) is 0. The molecule has 0 aromatic heterocycles. The molecular formula is C28H31BrClN3O4S. The summed E-state index contributed by atoms with van der Waals surface area (Å²) < 4.78 is 29.6. The van der Waals surface area contributed by atoms with E-state index in [2.05, 4.69) is 21.2 Å². The van der Waals surface area contributed by atoms with E-state index in [4.69, 9.17) is 11.6 Å². The number of aryl methyl sites for hydroxylation is 1. The molecule has 1 N–H and O–H groups in total. The van der Waals surface area contributed by atoms with Crippen LogP contribution < -0.4 is 9.62 Å². The van der Waals surface area contributed by atoms with E-state index < -0.39 is 28.5 Å². The minimum absolute atomic E-state index is 0.0383. The van der Waals surface area contributed by atoms with Crippen LogP contribution in [0.3, 0.4) is 0 Å². The maximum atomic E-state index is 13.9. The molecule has 0 spiro atoms. The van der Waals surface area contributed by atoms with Gasteiger partial charge >= 0.3 is 0 Å². The number of benzene rings is 3. The van der Waals surface area contributed by atoms with E-state index in [1.807, 2.05) is 38.1 Å². The minimum atomic E-state index is -4.15. The van der Waals surface area contributed by atoms with E-state index in [1.165, 1.54) is 23.1 Å². The van der Waals surface area contributed by atoms with E-state index >= 15 is 0 Å². The van der Waals surface area contributed by atoms with E-state index in [9.17, 15) is 18.0 Å². The third-order valence-corrected chi connectivity index (χ3v) is 8.39. The van der Waals surface area contributed by atoms with Crippen LogP contribution in [0.5, 0.6) is 0 Å². The number of amides is 2. The zero-order chi connectivity index (χ0) is 28.0.